The number of phenols is 1. The second-order valence-corrected chi connectivity index (χ2v) is 7.12. The number of carbonyl (C=O) groups is 1. The summed E-state index contributed by atoms with van der Waals surface area (Å²) in [7, 11) is 0. The van der Waals surface area contributed by atoms with Crippen LogP contribution in [0.4, 0.5) is 4.39 Å². The molecule has 0 fully saturated rings. The summed E-state index contributed by atoms with van der Waals surface area (Å²) >= 11 is 0. The minimum atomic E-state index is -0.346. The number of aromatic hydroxyl groups is 1. The molecule has 3 aromatic rings. The van der Waals surface area contributed by atoms with Crippen LogP contribution in [0.2, 0.25) is 0 Å². The highest BCUT2D eigenvalue weighted by molar-refractivity contribution is 5.97. The van der Waals surface area contributed by atoms with Gasteiger partial charge in [0.25, 0.3) is 0 Å². The van der Waals surface area contributed by atoms with Crippen LogP contribution in [0.25, 0.3) is 5.70 Å². The summed E-state index contributed by atoms with van der Waals surface area (Å²) in [4.78, 5) is 21.0. The van der Waals surface area contributed by atoms with E-state index in [1.165, 1.54) is 18.3 Å². The number of hydrogen-bond acceptors (Lipinski definition) is 4. The Kier molecular flexibility index (Phi) is 8.03. The van der Waals surface area contributed by atoms with Gasteiger partial charge in [0, 0.05) is 18.2 Å². The van der Waals surface area contributed by atoms with E-state index in [1.807, 2.05) is 30.3 Å². The van der Waals surface area contributed by atoms with Crippen molar-refractivity contribution >= 4 is 23.7 Å². The van der Waals surface area contributed by atoms with Crippen LogP contribution in [0, 0.1) is 5.82 Å². The molecule has 0 radical (unpaired) electrons. The van der Waals surface area contributed by atoms with E-state index < -0.39 is 0 Å². The van der Waals surface area contributed by atoms with Gasteiger partial charge in [-0.1, -0.05) is 30.3 Å². The average Bonchev–Trinajstić information content (AvgIpc) is 2.80. The molecular weight excluding hydrogens is 405 g/mol. The van der Waals surface area contributed by atoms with E-state index in [2.05, 4.69) is 15.3 Å². The van der Waals surface area contributed by atoms with Gasteiger partial charge in [0.05, 0.1) is 11.9 Å². The summed E-state index contributed by atoms with van der Waals surface area (Å²) in [6.07, 6.45) is 4.15. The molecule has 2 N–H and O–H groups in total. The average molecular weight is 429 g/mol. The normalized spacial score (nSPS) is 12.2. The number of aryl methyl sites for hydroxylation is 1. The lowest BCUT2D eigenvalue weighted by molar-refractivity contribution is -0.119. The SMILES string of the molecule is CC(=N/C=C(\N=Cc1ccc(O)cc1)c1ccc(F)cc1)NC(=O)CCc1ccccc1. The molecule has 0 unspecified atom stereocenters. The lowest BCUT2D eigenvalue weighted by atomic mass is 10.1. The molecule has 3 aromatic carbocycles. The number of nitrogens with zero attached hydrogens (tertiary/aromatic N) is 2. The molecule has 0 atom stereocenters. The standard InChI is InChI=1S/C26H24FN3O2/c1-19(30-26(32)16-9-20-5-3-2-4-6-20)28-18-25(22-10-12-23(27)13-11-22)29-17-21-7-14-24(31)15-8-21/h2-8,10-15,17-18,31H,9,16H2,1H3,(H,28,30,32)/b25-18-,29-17?. The summed E-state index contributed by atoms with van der Waals surface area (Å²) in [5.74, 6) is 0.127. The van der Waals surface area contributed by atoms with Crippen molar-refractivity contribution in [3.05, 3.63) is 108 Å². The Morgan fingerprint density at radius 1 is 1.00 bits per heavy atom. The predicted molar refractivity (Wildman–Crippen MR) is 126 cm³/mol. The van der Waals surface area contributed by atoms with Gasteiger partial charge in [-0.05, 0) is 73.0 Å². The number of aliphatic imine (C=N–C) groups is 2. The van der Waals surface area contributed by atoms with Gasteiger partial charge >= 0.3 is 0 Å². The number of benzene rings is 3. The summed E-state index contributed by atoms with van der Waals surface area (Å²) < 4.78 is 13.3. The molecule has 6 heteroatoms. The molecule has 3 rings (SSSR count). The smallest absolute Gasteiger partial charge is 0.225 e. The molecule has 0 aliphatic carbocycles. The van der Waals surface area contributed by atoms with E-state index in [-0.39, 0.29) is 17.5 Å². The maximum Gasteiger partial charge on any atom is 0.225 e. The zero-order chi connectivity index (χ0) is 22.8. The van der Waals surface area contributed by atoms with Crippen molar-refractivity contribution in [3.63, 3.8) is 0 Å². The summed E-state index contributed by atoms with van der Waals surface area (Å²) in [6.45, 7) is 1.70. The van der Waals surface area contributed by atoms with E-state index in [1.54, 1.807) is 49.5 Å². The first-order valence-corrected chi connectivity index (χ1v) is 10.2. The maximum absolute atomic E-state index is 13.3. The van der Waals surface area contributed by atoms with Crippen molar-refractivity contribution in [3.8, 4) is 5.75 Å². The molecule has 32 heavy (non-hydrogen) atoms. The van der Waals surface area contributed by atoms with Crippen LogP contribution in [0.5, 0.6) is 5.75 Å². The summed E-state index contributed by atoms with van der Waals surface area (Å²) in [5.41, 5.74) is 3.05. The van der Waals surface area contributed by atoms with Gasteiger partial charge < -0.3 is 10.4 Å². The largest absolute Gasteiger partial charge is 0.508 e. The molecule has 1 amide bonds. The summed E-state index contributed by atoms with van der Waals surface area (Å²) in [5, 5.41) is 12.2. The Morgan fingerprint density at radius 3 is 2.38 bits per heavy atom. The molecule has 0 aliphatic rings. The topological polar surface area (TPSA) is 74.1 Å². The van der Waals surface area contributed by atoms with E-state index in [4.69, 9.17) is 0 Å². The third-order valence-electron chi connectivity index (χ3n) is 4.57. The molecule has 5 nitrogen and oxygen atoms in total. The Hall–Kier alpha value is -4.06. The van der Waals surface area contributed by atoms with Gasteiger partial charge in [-0.3, -0.25) is 9.79 Å². The summed E-state index contributed by atoms with van der Waals surface area (Å²) in [6, 6.07) is 22.3. The molecule has 162 valence electrons. The van der Waals surface area contributed by atoms with E-state index >= 15 is 0 Å². The van der Waals surface area contributed by atoms with Crippen LogP contribution in [0.3, 0.4) is 0 Å². The highest BCUT2D eigenvalue weighted by Gasteiger charge is 2.04. The van der Waals surface area contributed by atoms with E-state index in [9.17, 15) is 14.3 Å². The molecule has 0 aromatic heterocycles. The van der Waals surface area contributed by atoms with Crippen LogP contribution in [0.15, 0.2) is 95.0 Å². The number of nitrogens with one attached hydrogen (secondary N) is 1. The highest BCUT2D eigenvalue weighted by Crippen LogP contribution is 2.17. The lowest BCUT2D eigenvalue weighted by Gasteiger charge is -2.05. The molecule has 0 bridgehead atoms. The molecule has 0 saturated carbocycles. The van der Waals surface area contributed by atoms with E-state index in [0.717, 1.165) is 11.1 Å². The van der Waals surface area contributed by atoms with Crippen LogP contribution in [-0.4, -0.2) is 23.1 Å². The monoisotopic (exact) mass is 429 g/mol. The first-order valence-electron chi connectivity index (χ1n) is 10.2. The van der Waals surface area contributed by atoms with Crippen molar-refractivity contribution in [2.75, 3.05) is 0 Å². The van der Waals surface area contributed by atoms with Crippen molar-refractivity contribution in [2.45, 2.75) is 19.8 Å². The highest BCUT2D eigenvalue weighted by atomic mass is 19.1. The van der Waals surface area contributed by atoms with Crippen LogP contribution < -0.4 is 5.32 Å². The van der Waals surface area contributed by atoms with Gasteiger partial charge in [-0.15, -0.1) is 0 Å². The number of carbonyl (C=O) groups excluding carboxylic acids is 1. The molecule has 0 spiro atoms. The van der Waals surface area contributed by atoms with Crippen molar-refractivity contribution in [2.24, 2.45) is 9.98 Å². The van der Waals surface area contributed by atoms with Gasteiger partial charge in [0.15, 0.2) is 0 Å². The minimum Gasteiger partial charge on any atom is -0.508 e. The molecular formula is C26H24FN3O2. The Morgan fingerprint density at radius 2 is 1.69 bits per heavy atom. The van der Waals surface area contributed by atoms with Crippen LogP contribution >= 0.6 is 0 Å². The fraction of sp³-hybridized carbons (Fsp3) is 0.115. The second kappa shape index (κ2) is 11.4. The number of amides is 1. The lowest BCUT2D eigenvalue weighted by Crippen LogP contribution is -2.28. The molecule has 0 saturated heterocycles. The van der Waals surface area contributed by atoms with Crippen LogP contribution in [-0.2, 0) is 11.2 Å². The third kappa shape index (κ3) is 7.32. The quantitative estimate of drug-likeness (QED) is 0.404. The maximum atomic E-state index is 13.3. The minimum absolute atomic E-state index is 0.126. The fourth-order valence-electron chi connectivity index (χ4n) is 2.86. The Balaban J connectivity index is 1.71. The van der Waals surface area contributed by atoms with Crippen LogP contribution in [0.1, 0.15) is 30.0 Å². The zero-order valence-corrected chi connectivity index (χ0v) is 17.7. The first-order chi connectivity index (χ1) is 15.5. The molecule has 0 heterocycles. The Bertz CT molecular complexity index is 1120. The van der Waals surface area contributed by atoms with Gasteiger partial charge in [0.2, 0.25) is 5.91 Å². The fourth-order valence-corrected chi connectivity index (χ4v) is 2.86. The Labute approximate surface area is 186 Å². The van der Waals surface area contributed by atoms with E-state index in [0.29, 0.717) is 29.9 Å². The number of amidine groups is 1. The van der Waals surface area contributed by atoms with Crippen molar-refractivity contribution < 1.29 is 14.3 Å². The van der Waals surface area contributed by atoms with Gasteiger partial charge in [-0.25, -0.2) is 9.38 Å². The zero-order valence-electron chi connectivity index (χ0n) is 17.7. The first kappa shape index (κ1) is 22.6. The van der Waals surface area contributed by atoms with Crippen molar-refractivity contribution in [1.82, 2.24) is 5.32 Å². The predicted octanol–water partition coefficient (Wildman–Crippen LogP) is 5.12. The number of phenolic OH excluding ortho intramolecular Hbond substituents is 1. The van der Waals surface area contributed by atoms with Crippen molar-refractivity contribution in [1.29, 1.82) is 0 Å². The molecule has 0 aliphatic heterocycles. The number of rotatable bonds is 7. The second-order valence-electron chi connectivity index (χ2n) is 7.12. The third-order valence-corrected chi connectivity index (χ3v) is 4.57. The number of halogens is 1. The number of hydrogen-bond donors (Lipinski definition) is 2. The van der Waals surface area contributed by atoms with Gasteiger partial charge in [-0.2, -0.15) is 0 Å². The van der Waals surface area contributed by atoms with Gasteiger partial charge in [0.1, 0.15) is 17.4 Å².